The quantitative estimate of drug-likeness (QED) is 0.507. The van der Waals surface area contributed by atoms with Crippen LogP contribution in [0.15, 0.2) is 12.3 Å². The predicted octanol–water partition coefficient (Wildman–Crippen LogP) is 0.981. The Balaban J connectivity index is 2.30. The molecule has 0 saturated carbocycles. The Labute approximate surface area is 125 Å². The summed E-state index contributed by atoms with van der Waals surface area (Å²) in [6.07, 6.45) is 2.46. The highest BCUT2D eigenvalue weighted by Gasteiger charge is 2.32. The van der Waals surface area contributed by atoms with E-state index in [1.807, 2.05) is 0 Å². The third kappa shape index (κ3) is 3.10. The van der Waals surface area contributed by atoms with Crippen molar-refractivity contribution < 1.29 is 14.5 Å². The number of primary amides is 1. The third-order valence-electron chi connectivity index (χ3n) is 3.40. The second-order valence-electron chi connectivity index (χ2n) is 4.75. The average molecular weight is 313 g/mol. The smallest absolute Gasteiger partial charge is 0.319 e. The van der Waals surface area contributed by atoms with Crippen LogP contribution in [-0.4, -0.2) is 39.7 Å². The molecule has 1 aromatic heterocycles. The van der Waals surface area contributed by atoms with E-state index in [0.717, 1.165) is 0 Å². The van der Waals surface area contributed by atoms with Gasteiger partial charge in [-0.3, -0.25) is 19.7 Å². The van der Waals surface area contributed by atoms with Crippen molar-refractivity contribution in [1.82, 2.24) is 9.88 Å². The fourth-order valence-electron chi connectivity index (χ4n) is 2.34. The molecule has 112 valence electrons. The maximum absolute atomic E-state index is 12.4. The molecule has 1 saturated heterocycles. The number of carbonyl (C=O) groups is 2. The van der Waals surface area contributed by atoms with E-state index in [2.05, 4.69) is 4.98 Å². The molecule has 21 heavy (non-hydrogen) atoms. The lowest BCUT2D eigenvalue weighted by atomic mass is 9.97. The second kappa shape index (κ2) is 6.04. The van der Waals surface area contributed by atoms with Crippen LogP contribution in [0.4, 0.5) is 5.69 Å². The van der Waals surface area contributed by atoms with E-state index in [1.165, 1.54) is 17.2 Å². The summed E-state index contributed by atoms with van der Waals surface area (Å²) >= 11 is 5.69. The van der Waals surface area contributed by atoms with Crippen molar-refractivity contribution in [2.24, 2.45) is 11.7 Å². The first kappa shape index (κ1) is 15.2. The lowest BCUT2D eigenvalue weighted by molar-refractivity contribution is -0.385. The summed E-state index contributed by atoms with van der Waals surface area (Å²) < 4.78 is 0. The Morgan fingerprint density at radius 2 is 2.24 bits per heavy atom. The van der Waals surface area contributed by atoms with Gasteiger partial charge in [0.05, 0.1) is 10.8 Å². The predicted molar refractivity (Wildman–Crippen MR) is 73.7 cm³/mol. The number of aromatic nitrogens is 1. The lowest BCUT2D eigenvalue weighted by Gasteiger charge is -2.31. The number of likely N-dealkylation sites (tertiary alicyclic amines) is 1. The van der Waals surface area contributed by atoms with Crippen LogP contribution in [0.3, 0.4) is 0 Å². The Kier molecular flexibility index (Phi) is 4.37. The van der Waals surface area contributed by atoms with Crippen LogP contribution in [0.1, 0.15) is 23.2 Å². The van der Waals surface area contributed by atoms with Crippen molar-refractivity contribution in [3.8, 4) is 0 Å². The average Bonchev–Trinajstić information content (AvgIpc) is 2.45. The van der Waals surface area contributed by atoms with E-state index in [-0.39, 0.29) is 17.3 Å². The van der Waals surface area contributed by atoms with Gasteiger partial charge in [-0.05, 0) is 18.9 Å². The van der Waals surface area contributed by atoms with E-state index in [4.69, 9.17) is 17.3 Å². The zero-order chi connectivity index (χ0) is 15.6. The number of piperidine rings is 1. The number of hydrogen-bond acceptors (Lipinski definition) is 5. The molecule has 0 aliphatic carbocycles. The molecule has 1 atom stereocenters. The fraction of sp³-hybridized carbons (Fsp3) is 0.417. The monoisotopic (exact) mass is 312 g/mol. The van der Waals surface area contributed by atoms with E-state index < -0.39 is 28.3 Å². The lowest BCUT2D eigenvalue weighted by Crippen LogP contribution is -2.44. The minimum absolute atomic E-state index is 0.134. The van der Waals surface area contributed by atoms with Crippen LogP contribution in [0.25, 0.3) is 0 Å². The number of halogens is 1. The maximum Gasteiger partial charge on any atom is 0.319 e. The number of amides is 2. The second-order valence-corrected chi connectivity index (χ2v) is 5.11. The van der Waals surface area contributed by atoms with Gasteiger partial charge in [-0.25, -0.2) is 4.98 Å². The highest BCUT2D eigenvalue weighted by Crippen LogP contribution is 2.28. The summed E-state index contributed by atoms with van der Waals surface area (Å²) in [5, 5.41) is 10.7. The molecular weight excluding hydrogens is 300 g/mol. The van der Waals surface area contributed by atoms with Crippen molar-refractivity contribution in [1.29, 1.82) is 0 Å². The number of rotatable bonds is 3. The minimum atomic E-state index is -0.738. The van der Waals surface area contributed by atoms with Gasteiger partial charge in [-0.2, -0.15) is 0 Å². The minimum Gasteiger partial charge on any atom is -0.369 e. The molecule has 0 bridgehead atoms. The summed E-state index contributed by atoms with van der Waals surface area (Å²) in [7, 11) is 0. The van der Waals surface area contributed by atoms with Crippen LogP contribution in [0.5, 0.6) is 0 Å². The van der Waals surface area contributed by atoms with Crippen molar-refractivity contribution >= 4 is 29.1 Å². The highest BCUT2D eigenvalue weighted by molar-refractivity contribution is 6.32. The molecule has 9 heteroatoms. The van der Waals surface area contributed by atoms with Gasteiger partial charge in [0.1, 0.15) is 5.56 Å². The van der Waals surface area contributed by atoms with Crippen LogP contribution in [0, 0.1) is 16.0 Å². The Hall–Kier alpha value is -2.22. The molecule has 2 amide bonds. The van der Waals surface area contributed by atoms with Crippen LogP contribution < -0.4 is 5.73 Å². The van der Waals surface area contributed by atoms with Gasteiger partial charge < -0.3 is 10.6 Å². The van der Waals surface area contributed by atoms with E-state index in [0.29, 0.717) is 19.4 Å². The zero-order valence-corrected chi connectivity index (χ0v) is 11.7. The molecule has 2 N–H and O–H groups in total. The van der Waals surface area contributed by atoms with Crippen molar-refractivity contribution in [2.75, 3.05) is 13.1 Å². The Bertz CT molecular complexity index is 607. The van der Waals surface area contributed by atoms with Crippen molar-refractivity contribution in [3.63, 3.8) is 0 Å². The molecule has 1 aliphatic rings. The van der Waals surface area contributed by atoms with Gasteiger partial charge in [-0.15, -0.1) is 0 Å². The molecular formula is C12H13ClN4O4. The molecule has 0 aromatic carbocycles. The topological polar surface area (TPSA) is 119 Å². The number of nitrogens with zero attached hydrogens (tertiary/aromatic N) is 3. The molecule has 8 nitrogen and oxygen atoms in total. The number of nitrogens with two attached hydrogens (primary N) is 1. The summed E-state index contributed by atoms with van der Waals surface area (Å²) in [6, 6.07) is 1.25. The van der Waals surface area contributed by atoms with Gasteiger partial charge in [0.25, 0.3) is 5.91 Å². The molecule has 2 heterocycles. The molecule has 1 fully saturated rings. The molecule has 0 spiro atoms. The standard InChI is InChI=1S/C12H13ClN4O4/c13-10-9(17(20)21)8(3-4-15-10)12(19)16-5-1-2-7(6-16)11(14)18/h3-4,7H,1-2,5-6H2,(H2,14,18). The first-order valence-corrected chi connectivity index (χ1v) is 6.67. The van der Waals surface area contributed by atoms with E-state index in [9.17, 15) is 19.7 Å². The number of hydrogen-bond donors (Lipinski definition) is 1. The largest absolute Gasteiger partial charge is 0.369 e. The number of nitro groups is 1. The highest BCUT2D eigenvalue weighted by atomic mass is 35.5. The summed E-state index contributed by atoms with van der Waals surface area (Å²) in [4.78, 5) is 39.0. The van der Waals surface area contributed by atoms with Gasteiger partial charge in [-0.1, -0.05) is 11.6 Å². The summed E-state index contributed by atoms with van der Waals surface area (Å²) in [5.41, 5.74) is 4.60. The first-order chi connectivity index (χ1) is 9.91. The first-order valence-electron chi connectivity index (χ1n) is 6.29. The fourth-order valence-corrected chi connectivity index (χ4v) is 2.57. The molecule has 0 radical (unpaired) electrons. The Morgan fingerprint density at radius 1 is 1.52 bits per heavy atom. The summed E-state index contributed by atoms with van der Waals surface area (Å²) in [5.74, 6) is -1.45. The maximum atomic E-state index is 12.4. The molecule has 2 rings (SSSR count). The normalized spacial score (nSPS) is 18.3. The van der Waals surface area contributed by atoms with Crippen LogP contribution in [0.2, 0.25) is 5.15 Å². The molecule has 1 unspecified atom stereocenters. The number of carbonyl (C=O) groups excluding carboxylic acids is 2. The zero-order valence-electron chi connectivity index (χ0n) is 11.0. The van der Waals surface area contributed by atoms with Crippen LogP contribution >= 0.6 is 11.6 Å². The third-order valence-corrected chi connectivity index (χ3v) is 3.68. The van der Waals surface area contributed by atoms with Gasteiger partial charge >= 0.3 is 5.69 Å². The van der Waals surface area contributed by atoms with Gasteiger partial charge in [0.2, 0.25) is 11.1 Å². The van der Waals surface area contributed by atoms with E-state index in [1.54, 1.807) is 0 Å². The number of pyridine rings is 1. The van der Waals surface area contributed by atoms with E-state index >= 15 is 0 Å². The van der Waals surface area contributed by atoms with Gasteiger partial charge in [0, 0.05) is 19.3 Å². The van der Waals surface area contributed by atoms with Crippen molar-refractivity contribution in [3.05, 3.63) is 33.1 Å². The van der Waals surface area contributed by atoms with Crippen LogP contribution in [-0.2, 0) is 4.79 Å². The molecule has 1 aliphatic heterocycles. The SMILES string of the molecule is NC(=O)C1CCCN(C(=O)c2ccnc(Cl)c2[N+](=O)[O-])C1. The van der Waals surface area contributed by atoms with Gasteiger partial charge in [0.15, 0.2) is 0 Å². The van der Waals surface area contributed by atoms with Crippen molar-refractivity contribution in [2.45, 2.75) is 12.8 Å². The Morgan fingerprint density at radius 3 is 2.86 bits per heavy atom. The summed E-state index contributed by atoms with van der Waals surface area (Å²) in [6.45, 7) is 0.574. The molecule has 1 aromatic rings.